The third kappa shape index (κ3) is 8.87. The van der Waals surface area contributed by atoms with Gasteiger partial charge in [0.25, 0.3) is 0 Å². The summed E-state index contributed by atoms with van der Waals surface area (Å²) in [5.74, 6) is 0. The molecule has 0 amide bonds. The fourth-order valence-electron chi connectivity index (χ4n) is 0. The summed E-state index contributed by atoms with van der Waals surface area (Å²) in [6.07, 6.45) is 0. The second-order valence-corrected chi connectivity index (χ2v) is 0. The summed E-state index contributed by atoms with van der Waals surface area (Å²) in [4.78, 5) is 0. The van der Waals surface area contributed by atoms with E-state index in [4.69, 9.17) is 0 Å². The SMILES string of the molecule is [AlH3].[Au].[MgH2].[SiH4]. The van der Waals surface area contributed by atoms with Crippen LogP contribution in [-0.4, -0.2) is 51.4 Å². The van der Waals surface area contributed by atoms with Gasteiger partial charge in [0.1, 0.15) is 0 Å². The summed E-state index contributed by atoms with van der Waals surface area (Å²) in [5.41, 5.74) is 0. The van der Waals surface area contributed by atoms with E-state index in [-0.39, 0.29) is 73.8 Å². The Morgan fingerprint density at radius 3 is 1.00 bits per heavy atom. The van der Waals surface area contributed by atoms with Crippen LogP contribution in [-0.2, 0) is 22.4 Å². The van der Waals surface area contributed by atoms with Gasteiger partial charge in [-0.3, -0.25) is 0 Å². The molecule has 0 aromatic carbocycles. The van der Waals surface area contributed by atoms with Crippen LogP contribution in [0.15, 0.2) is 0 Å². The molecule has 0 heterocycles. The normalized spacial score (nSPS) is 0. The van der Waals surface area contributed by atoms with Crippen molar-refractivity contribution in [1.29, 1.82) is 0 Å². The molecule has 0 unspecified atom stereocenters. The van der Waals surface area contributed by atoms with Gasteiger partial charge in [-0.15, -0.1) is 0 Å². The topological polar surface area (TPSA) is 0 Å². The van der Waals surface area contributed by atoms with Gasteiger partial charge in [0, 0.05) is 22.4 Å². The quantitative estimate of drug-likeness (QED) is 0.404. The van der Waals surface area contributed by atoms with Crippen molar-refractivity contribution in [3.63, 3.8) is 0 Å². The van der Waals surface area contributed by atoms with E-state index in [0.29, 0.717) is 0 Å². The predicted molar refractivity (Wildman–Crippen MR) is 29.8 cm³/mol. The monoisotopic (exact) mass is 285 g/mol. The first-order chi connectivity index (χ1) is 0. The molecule has 0 rings (SSSR count). The first-order valence-electron chi connectivity index (χ1n) is 0. The van der Waals surface area contributed by atoms with E-state index >= 15 is 0 Å². The maximum absolute atomic E-state index is 0. The van der Waals surface area contributed by atoms with Gasteiger partial charge in [-0.2, -0.15) is 0 Å². The molecule has 0 aliphatic rings. The van der Waals surface area contributed by atoms with Crippen LogP contribution >= 0.6 is 0 Å². The fourth-order valence-corrected chi connectivity index (χ4v) is 0. The smallest absolute Gasteiger partial charge is 0.0149 e. The van der Waals surface area contributed by atoms with Crippen molar-refractivity contribution in [3.8, 4) is 0 Å². The Morgan fingerprint density at radius 1 is 1.00 bits per heavy atom. The molecule has 0 spiro atoms. The van der Waals surface area contributed by atoms with Gasteiger partial charge in [0.2, 0.25) is 0 Å². The van der Waals surface area contributed by atoms with Crippen LogP contribution in [0, 0.1) is 0 Å². The van der Waals surface area contributed by atoms with Crippen molar-refractivity contribution < 1.29 is 22.4 Å². The van der Waals surface area contributed by atoms with Crippen molar-refractivity contribution in [1.82, 2.24) is 0 Å². The Morgan fingerprint density at radius 2 is 1.00 bits per heavy atom. The van der Waals surface area contributed by atoms with E-state index < -0.39 is 0 Å². The Kier molecular flexibility index (Phi) is 159. The van der Waals surface area contributed by atoms with E-state index in [1.807, 2.05) is 0 Å². The zero-order chi connectivity index (χ0) is 0. The molecule has 0 aromatic heterocycles. The minimum absolute atomic E-state index is 0. The average Bonchev–Trinajstić information content (AvgIpc) is 0. The van der Waals surface area contributed by atoms with Crippen LogP contribution < -0.4 is 0 Å². The van der Waals surface area contributed by atoms with Crippen molar-refractivity contribution in [2.75, 3.05) is 0 Å². The summed E-state index contributed by atoms with van der Waals surface area (Å²) in [6.45, 7) is 0. The average molecular weight is 285 g/mol. The van der Waals surface area contributed by atoms with Crippen molar-refractivity contribution in [2.24, 2.45) is 0 Å². The molecule has 0 atom stereocenters. The molecular formula is H9AlAuMgSi. The Bertz CT molecular complexity index is 8.00. The van der Waals surface area contributed by atoms with Gasteiger partial charge >= 0.3 is 23.1 Å². The van der Waals surface area contributed by atoms with E-state index in [2.05, 4.69) is 0 Å². The van der Waals surface area contributed by atoms with Gasteiger partial charge in [-0.05, 0) is 11.0 Å². The Labute approximate surface area is 72.9 Å². The number of hydrogen-bond donors (Lipinski definition) is 0. The molecule has 0 aliphatic heterocycles. The number of rotatable bonds is 0. The second-order valence-electron chi connectivity index (χ2n) is 0. The molecule has 0 nitrogen and oxygen atoms in total. The molecule has 4 heavy (non-hydrogen) atoms. The molecule has 0 saturated carbocycles. The predicted octanol–water partition coefficient (Wildman–Crippen LogP) is -3.55. The van der Waals surface area contributed by atoms with Crippen LogP contribution in [0.4, 0.5) is 0 Å². The number of hydrogen-bond acceptors (Lipinski definition) is 0. The van der Waals surface area contributed by atoms with Crippen LogP contribution in [0.25, 0.3) is 0 Å². The molecule has 0 fully saturated rings. The Hall–Kier alpha value is 2.26. The van der Waals surface area contributed by atoms with E-state index in [0.717, 1.165) is 0 Å². The largest absolute Gasteiger partial charge is 0.316 e. The van der Waals surface area contributed by atoms with E-state index in [1.54, 1.807) is 0 Å². The third-order valence-corrected chi connectivity index (χ3v) is 0. The molecule has 1 radical (unpaired) electrons. The fraction of sp³-hybridized carbons (Fsp3) is 0. The molecule has 4 heteroatoms. The minimum Gasteiger partial charge on any atom is -0.0149 e. The standard InChI is InChI=1S/Al.Au.Mg.H4Si.5H/h;;;1H4;;;;;. The minimum atomic E-state index is 0. The summed E-state index contributed by atoms with van der Waals surface area (Å²) < 4.78 is 0. The first kappa shape index (κ1) is 34.0. The van der Waals surface area contributed by atoms with Crippen molar-refractivity contribution >= 4 is 51.4 Å². The van der Waals surface area contributed by atoms with Crippen LogP contribution in [0.1, 0.15) is 0 Å². The zero-order valence-electron chi connectivity index (χ0n) is 0.302. The van der Waals surface area contributed by atoms with Crippen molar-refractivity contribution in [3.05, 3.63) is 0 Å². The third-order valence-electron chi connectivity index (χ3n) is 0. The molecule has 0 aromatic rings. The molecule has 29 valence electrons. The van der Waals surface area contributed by atoms with Crippen molar-refractivity contribution in [2.45, 2.75) is 0 Å². The Balaban J connectivity index is 0. The van der Waals surface area contributed by atoms with Gasteiger partial charge in [0.15, 0.2) is 17.4 Å². The van der Waals surface area contributed by atoms with Gasteiger partial charge in [-0.1, -0.05) is 0 Å². The molecule has 0 N–H and O–H groups in total. The van der Waals surface area contributed by atoms with Crippen LogP contribution in [0.2, 0.25) is 0 Å². The maximum atomic E-state index is 0. The zero-order valence-corrected chi connectivity index (χ0v) is 2.47. The summed E-state index contributed by atoms with van der Waals surface area (Å²) in [5, 5.41) is 0. The molecule has 0 aliphatic carbocycles. The van der Waals surface area contributed by atoms with Crippen LogP contribution in [0.5, 0.6) is 0 Å². The van der Waals surface area contributed by atoms with E-state index in [1.165, 1.54) is 0 Å². The summed E-state index contributed by atoms with van der Waals surface area (Å²) in [7, 11) is 0. The summed E-state index contributed by atoms with van der Waals surface area (Å²) in [6, 6.07) is 0. The molecular weight excluding hydrogens is 276 g/mol. The van der Waals surface area contributed by atoms with Crippen LogP contribution in [0.3, 0.4) is 0 Å². The summed E-state index contributed by atoms with van der Waals surface area (Å²) >= 11 is 0. The first-order valence-corrected chi connectivity index (χ1v) is 0. The maximum Gasteiger partial charge on any atom is 0.316 e. The van der Waals surface area contributed by atoms with E-state index in [9.17, 15) is 0 Å². The molecule has 0 bridgehead atoms. The second kappa shape index (κ2) is 18.7. The van der Waals surface area contributed by atoms with Gasteiger partial charge in [-0.25, -0.2) is 0 Å². The van der Waals surface area contributed by atoms with Gasteiger partial charge in [0.05, 0.1) is 0 Å². The van der Waals surface area contributed by atoms with Gasteiger partial charge < -0.3 is 0 Å². The molecule has 0 saturated heterocycles.